The van der Waals surface area contributed by atoms with Crippen molar-refractivity contribution in [2.75, 3.05) is 13.1 Å². The summed E-state index contributed by atoms with van der Waals surface area (Å²) in [4.78, 5) is 2.85. The van der Waals surface area contributed by atoms with Crippen LogP contribution in [0.1, 0.15) is 157 Å². The van der Waals surface area contributed by atoms with Crippen molar-refractivity contribution in [3.05, 3.63) is 46.2 Å². The first-order valence-corrected chi connectivity index (χ1v) is 21.6. The maximum absolute atomic E-state index is 7.42. The summed E-state index contributed by atoms with van der Waals surface area (Å²) in [6.45, 7) is 17.3. The molecule has 1 saturated heterocycles. The predicted molar refractivity (Wildman–Crippen MR) is 206 cm³/mol. The largest absolute Gasteiger partial charge is 0.371 e. The summed E-state index contributed by atoms with van der Waals surface area (Å²) in [6.07, 6.45) is 34.6. The number of halogens is 1. The van der Waals surface area contributed by atoms with Gasteiger partial charge in [0.05, 0.1) is 5.41 Å². The summed E-state index contributed by atoms with van der Waals surface area (Å²) in [5.74, 6) is 5.43. The lowest BCUT2D eigenvalue weighted by molar-refractivity contribution is -0.569. The van der Waals surface area contributed by atoms with Gasteiger partial charge in [-0.25, -0.2) is 4.58 Å². The van der Waals surface area contributed by atoms with Crippen LogP contribution >= 0.6 is 11.6 Å². The maximum Gasteiger partial charge on any atom is 0.182 e. The summed E-state index contributed by atoms with van der Waals surface area (Å²) in [5.41, 5.74) is 6.53. The molecule has 10 atom stereocenters. The van der Waals surface area contributed by atoms with Crippen LogP contribution in [-0.4, -0.2) is 40.4 Å². The van der Waals surface area contributed by atoms with E-state index in [1.165, 1.54) is 120 Å². The van der Waals surface area contributed by atoms with Gasteiger partial charge in [-0.3, -0.25) is 0 Å². The lowest BCUT2D eigenvalue weighted by Gasteiger charge is -2.48. The highest BCUT2D eigenvalue weighted by atomic mass is 35.5. The van der Waals surface area contributed by atoms with Crippen molar-refractivity contribution in [2.45, 2.75) is 169 Å². The van der Waals surface area contributed by atoms with E-state index in [4.69, 9.17) is 11.6 Å². The van der Waals surface area contributed by atoms with Crippen LogP contribution in [0, 0.1) is 46.3 Å². The molecule has 5 aliphatic carbocycles. The lowest BCUT2D eigenvalue weighted by Crippen LogP contribution is -2.46. The third-order valence-electron chi connectivity index (χ3n) is 16.0. The summed E-state index contributed by atoms with van der Waals surface area (Å²) in [7, 11) is 0. The molecule has 5 fully saturated rings. The van der Waals surface area contributed by atoms with Crippen LogP contribution in [0.2, 0.25) is 0 Å². The Morgan fingerprint density at radius 3 is 2.06 bits per heavy atom. The second-order valence-electron chi connectivity index (χ2n) is 17.9. The topological polar surface area (TPSA) is 6.25 Å². The molecule has 3 heteroatoms. The normalized spacial score (nSPS) is 43.3. The Morgan fingerprint density at radius 2 is 1.40 bits per heavy atom. The lowest BCUT2D eigenvalue weighted by atomic mass is 9.56. The highest BCUT2D eigenvalue weighted by Crippen LogP contribution is 2.61. The zero-order valence-electron chi connectivity index (χ0n) is 31.8. The standard InChI is InChI=1S/C45H70ClN2/c1-7-30-48-38-27-23-32-17-12-14-21-36(32)42(38)45(6,9-3)40(48)29-25-34-19-15-18-33(43(34)46)24-28-39-44(5,8-2)41-35-20-13-11-16-31(35)22-26-37(41)47(39)10-4/h24-25,28-29,31-32,35-38,41-42H,7-23,26-27,30H2,1-6H3/q+1. The summed E-state index contributed by atoms with van der Waals surface area (Å²) in [5, 5.41) is 1.04. The van der Waals surface area contributed by atoms with Crippen LogP contribution in [-0.2, 0) is 0 Å². The molecule has 0 amide bonds. The Bertz CT molecular complexity index is 1350. The molecule has 0 N–H and O–H groups in total. The van der Waals surface area contributed by atoms with Gasteiger partial charge in [0.15, 0.2) is 11.8 Å². The van der Waals surface area contributed by atoms with E-state index in [0.29, 0.717) is 0 Å². The molecule has 4 saturated carbocycles. The number of rotatable bonds is 8. The molecule has 7 rings (SSSR count). The highest BCUT2D eigenvalue weighted by molar-refractivity contribution is 6.32. The second-order valence-corrected chi connectivity index (χ2v) is 18.3. The van der Waals surface area contributed by atoms with Crippen molar-refractivity contribution >= 4 is 17.3 Å². The Morgan fingerprint density at radius 1 is 0.729 bits per heavy atom. The quantitative estimate of drug-likeness (QED) is 0.232. The van der Waals surface area contributed by atoms with Gasteiger partial charge in [-0.2, -0.15) is 0 Å². The number of hydrogen-bond acceptors (Lipinski definition) is 1. The van der Waals surface area contributed by atoms with E-state index in [0.717, 1.165) is 72.0 Å². The smallest absolute Gasteiger partial charge is 0.182 e. The van der Waals surface area contributed by atoms with E-state index in [9.17, 15) is 0 Å². The van der Waals surface area contributed by atoms with Gasteiger partial charge in [0, 0.05) is 53.6 Å². The molecule has 0 radical (unpaired) electrons. The van der Waals surface area contributed by atoms with Crippen molar-refractivity contribution in [3.8, 4) is 0 Å². The van der Waals surface area contributed by atoms with E-state index in [1.807, 2.05) is 0 Å². The number of allylic oxidation sites excluding steroid dienone is 8. The molecule has 2 heterocycles. The third-order valence-corrected chi connectivity index (χ3v) is 16.5. The summed E-state index contributed by atoms with van der Waals surface area (Å²) in [6, 6.07) is 1.47. The number of fused-ring (bicyclic) bond motifs is 6. The van der Waals surface area contributed by atoms with Crippen LogP contribution < -0.4 is 0 Å². The fourth-order valence-electron chi connectivity index (χ4n) is 13.6. The first kappa shape index (κ1) is 35.1. The Balaban J connectivity index is 1.19. The number of hydrogen-bond donors (Lipinski definition) is 0. The fourth-order valence-corrected chi connectivity index (χ4v) is 13.9. The van der Waals surface area contributed by atoms with Gasteiger partial charge in [-0.1, -0.05) is 90.0 Å². The SMILES string of the molecule is CCC[N+]1=C(/C=C/C2=C(Cl)C(=C/C=C3/N(CC)C4CCC5CCCCC5C4C3(C)CC)/CCC2)C(C)(CC)C2C3CCCCC3CCC21. The first-order chi connectivity index (χ1) is 23.3. The van der Waals surface area contributed by atoms with E-state index in [2.05, 4.69) is 75.3 Å². The number of nitrogens with zero attached hydrogens (tertiary/aromatic N) is 2. The van der Waals surface area contributed by atoms with Crippen LogP contribution in [0.5, 0.6) is 0 Å². The van der Waals surface area contributed by atoms with Crippen molar-refractivity contribution in [1.82, 2.24) is 4.90 Å². The van der Waals surface area contributed by atoms with Gasteiger partial charge < -0.3 is 4.90 Å². The van der Waals surface area contributed by atoms with Gasteiger partial charge in [-0.05, 0) is 125 Å². The zero-order valence-corrected chi connectivity index (χ0v) is 32.6. The zero-order chi connectivity index (χ0) is 33.6. The van der Waals surface area contributed by atoms with Gasteiger partial charge in [-0.15, -0.1) is 0 Å². The minimum absolute atomic E-state index is 0.270. The molecule has 0 aromatic rings. The predicted octanol–water partition coefficient (Wildman–Crippen LogP) is 12.2. The molecule has 266 valence electrons. The molecule has 0 spiro atoms. The molecule has 10 unspecified atom stereocenters. The summed E-state index contributed by atoms with van der Waals surface area (Å²) < 4.78 is 2.90. The number of likely N-dealkylation sites (tertiary alicyclic amines) is 1. The molecule has 48 heavy (non-hydrogen) atoms. The van der Waals surface area contributed by atoms with Crippen molar-refractivity contribution in [2.24, 2.45) is 46.3 Å². The van der Waals surface area contributed by atoms with Gasteiger partial charge in [0.2, 0.25) is 0 Å². The third kappa shape index (κ3) is 5.77. The molecular formula is C45H70ClN2+. The molecule has 2 aliphatic heterocycles. The van der Waals surface area contributed by atoms with Gasteiger partial charge >= 0.3 is 0 Å². The molecular weight excluding hydrogens is 604 g/mol. The average Bonchev–Trinajstić information content (AvgIpc) is 3.52. The molecule has 7 aliphatic rings. The van der Waals surface area contributed by atoms with Crippen molar-refractivity contribution in [1.29, 1.82) is 0 Å². The van der Waals surface area contributed by atoms with Crippen LogP contribution in [0.25, 0.3) is 0 Å². The van der Waals surface area contributed by atoms with Crippen molar-refractivity contribution in [3.63, 3.8) is 0 Å². The molecule has 0 aromatic heterocycles. The Labute approximate surface area is 300 Å². The average molecular weight is 675 g/mol. The molecule has 2 nitrogen and oxygen atoms in total. The second kappa shape index (κ2) is 14.4. The first-order valence-electron chi connectivity index (χ1n) is 21.2. The van der Waals surface area contributed by atoms with Gasteiger partial charge in [0.25, 0.3) is 0 Å². The minimum atomic E-state index is 0.270. The maximum atomic E-state index is 7.42. The van der Waals surface area contributed by atoms with Gasteiger partial charge in [0.1, 0.15) is 6.54 Å². The van der Waals surface area contributed by atoms with Crippen LogP contribution in [0.4, 0.5) is 0 Å². The highest BCUT2D eigenvalue weighted by Gasteiger charge is 2.61. The Hall–Kier alpha value is -1.28. The van der Waals surface area contributed by atoms with Crippen molar-refractivity contribution < 1.29 is 4.58 Å². The van der Waals surface area contributed by atoms with E-state index in [1.54, 1.807) is 11.4 Å². The monoisotopic (exact) mass is 674 g/mol. The minimum Gasteiger partial charge on any atom is -0.371 e. The van der Waals surface area contributed by atoms with E-state index >= 15 is 0 Å². The molecule has 0 aromatic carbocycles. The van der Waals surface area contributed by atoms with Crippen LogP contribution in [0.15, 0.2) is 46.2 Å². The fraction of sp³-hybridized carbons (Fsp3) is 0.800. The summed E-state index contributed by atoms with van der Waals surface area (Å²) >= 11 is 7.42. The Kier molecular flexibility index (Phi) is 10.5. The van der Waals surface area contributed by atoms with Crippen LogP contribution in [0.3, 0.4) is 0 Å². The van der Waals surface area contributed by atoms with E-state index in [-0.39, 0.29) is 10.8 Å². The van der Waals surface area contributed by atoms with E-state index < -0.39 is 0 Å². The molecule has 0 bridgehead atoms.